The van der Waals surface area contributed by atoms with Crippen LogP contribution in [0, 0.1) is 23.7 Å². The molecule has 4 aliphatic heterocycles. The van der Waals surface area contributed by atoms with Crippen molar-refractivity contribution in [1.82, 2.24) is 5.32 Å². The Hall–Kier alpha value is -1.92. The van der Waals surface area contributed by atoms with Gasteiger partial charge in [0.05, 0.1) is 17.9 Å². The Morgan fingerprint density at radius 2 is 1.92 bits per heavy atom. The number of alkyl halides is 3. The van der Waals surface area contributed by atoms with E-state index in [4.69, 9.17) is 24.0 Å². The van der Waals surface area contributed by atoms with Gasteiger partial charge in [-0.15, -0.1) is 0 Å². The Bertz CT molecular complexity index is 979. The van der Waals surface area contributed by atoms with E-state index >= 15 is 0 Å². The Labute approximate surface area is 208 Å². The summed E-state index contributed by atoms with van der Waals surface area (Å²) in [5.74, 6) is -0.0814. The number of nitrogens with one attached hydrogen (secondary N) is 2. The molecule has 0 radical (unpaired) electrons. The average Bonchev–Trinajstić information content (AvgIpc) is 3.05. The molecule has 5 fully saturated rings. The quantitative estimate of drug-likeness (QED) is 0.422. The lowest BCUT2D eigenvalue weighted by atomic mass is 9.58. The maximum absolute atomic E-state index is 13.1. The number of rotatable bonds is 5. The lowest BCUT2D eigenvalue weighted by Gasteiger charge is -2.60. The molecule has 1 saturated carbocycles. The fourth-order valence-corrected chi connectivity index (χ4v) is 6.41. The van der Waals surface area contributed by atoms with Gasteiger partial charge in [0.15, 0.2) is 18.2 Å². The molecule has 1 aliphatic carbocycles. The molecule has 8 nitrogen and oxygen atoms in total. The van der Waals surface area contributed by atoms with E-state index in [1.807, 2.05) is 6.92 Å². The number of carbonyl (C=O) groups excluding carboxylic acids is 1. The van der Waals surface area contributed by atoms with Crippen molar-refractivity contribution in [2.75, 3.05) is 18.5 Å². The van der Waals surface area contributed by atoms with Crippen LogP contribution >= 0.6 is 0 Å². The molecule has 8 atom stereocenters. The van der Waals surface area contributed by atoms with Crippen LogP contribution in [-0.2, 0) is 30.2 Å². The molecular weight excluding hydrogens is 481 g/mol. The molecule has 200 valence electrons. The number of amides is 2. The van der Waals surface area contributed by atoms with Gasteiger partial charge in [-0.3, -0.25) is 0 Å². The normalized spacial score (nSPS) is 39.7. The number of para-hydroxylation sites is 1. The third kappa shape index (κ3) is 4.49. The highest BCUT2D eigenvalue weighted by molar-refractivity contribution is 5.90. The molecule has 2 N–H and O–H groups in total. The van der Waals surface area contributed by atoms with Gasteiger partial charge < -0.3 is 24.8 Å². The van der Waals surface area contributed by atoms with Crippen molar-refractivity contribution in [2.24, 2.45) is 23.7 Å². The van der Waals surface area contributed by atoms with Gasteiger partial charge in [-0.1, -0.05) is 26.0 Å². The van der Waals surface area contributed by atoms with Crippen LogP contribution in [0.5, 0.6) is 0 Å². The first-order valence-corrected chi connectivity index (χ1v) is 12.6. The number of carbonyl (C=O) groups is 1. The number of fused-ring (bicyclic) bond motifs is 2. The molecule has 4 heterocycles. The number of anilines is 1. The van der Waals surface area contributed by atoms with Crippen molar-refractivity contribution in [3.05, 3.63) is 29.8 Å². The van der Waals surface area contributed by atoms with Gasteiger partial charge >= 0.3 is 12.2 Å². The molecule has 2 amide bonds. The summed E-state index contributed by atoms with van der Waals surface area (Å²) >= 11 is 0. The Balaban J connectivity index is 1.19. The first kappa shape index (κ1) is 25.7. The van der Waals surface area contributed by atoms with E-state index in [1.54, 1.807) is 0 Å². The minimum atomic E-state index is -4.57. The molecule has 1 aromatic rings. The number of benzene rings is 1. The fraction of sp³-hybridized carbons (Fsp3) is 0.720. The van der Waals surface area contributed by atoms with E-state index in [9.17, 15) is 18.0 Å². The van der Waals surface area contributed by atoms with Crippen LogP contribution in [0.25, 0.3) is 0 Å². The second-order valence-electron chi connectivity index (χ2n) is 10.6. The first-order chi connectivity index (χ1) is 17.0. The van der Waals surface area contributed by atoms with E-state index in [-0.39, 0.29) is 36.6 Å². The maximum Gasteiger partial charge on any atom is 0.418 e. The molecular formula is C25H33F3N2O6. The van der Waals surface area contributed by atoms with Crippen molar-refractivity contribution >= 4 is 11.7 Å². The van der Waals surface area contributed by atoms with Gasteiger partial charge in [-0.2, -0.15) is 13.2 Å². The highest BCUT2D eigenvalue weighted by atomic mass is 19.4. The molecule has 6 rings (SSSR count). The number of ether oxygens (including phenoxy) is 3. The predicted octanol–water partition coefficient (Wildman–Crippen LogP) is 5.05. The van der Waals surface area contributed by atoms with Crippen molar-refractivity contribution in [3.8, 4) is 0 Å². The van der Waals surface area contributed by atoms with Gasteiger partial charge in [0.1, 0.15) is 0 Å². The van der Waals surface area contributed by atoms with E-state index in [1.165, 1.54) is 18.2 Å². The van der Waals surface area contributed by atoms with Crippen molar-refractivity contribution in [1.29, 1.82) is 0 Å². The number of hydrogen-bond donors (Lipinski definition) is 2. The van der Waals surface area contributed by atoms with Gasteiger partial charge in [-0.25, -0.2) is 14.6 Å². The van der Waals surface area contributed by atoms with Gasteiger partial charge in [-0.05, 0) is 50.2 Å². The summed E-state index contributed by atoms with van der Waals surface area (Å²) in [4.78, 5) is 24.1. The molecule has 1 aromatic carbocycles. The smallest absolute Gasteiger partial charge is 0.350 e. The third-order valence-electron chi connectivity index (χ3n) is 8.25. The standard InChI is InChI=1S/C25H33F3N2O6/c1-14-8-9-17-15(2)20(33-21-24(17)16(14)10-11-23(3,34-21)35-36-24)32-13-12-29-22(31)30-19-7-5-4-6-18(19)25(26,27)28/h4-7,14-17,20-21H,8-13H2,1-3H3,(H2,29,30,31)/t14-,15-,16+,17+,20-,21-,23+,24-/m1/s1. The SMILES string of the molecule is C[C@H]1[C@H](OCCNC(=O)Nc2ccccc2C(F)(F)F)O[C@@H]2O[C@]3(C)CC[C@H]4[C@H](C)CC[C@@H]1[C@@]24OO3. The lowest BCUT2D eigenvalue weighted by Crippen LogP contribution is -2.70. The topological polar surface area (TPSA) is 87.3 Å². The highest BCUT2D eigenvalue weighted by Crippen LogP contribution is 2.60. The summed E-state index contributed by atoms with van der Waals surface area (Å²) in [5, 5.41) is 4.79. The number of hydrogen-bond acceptors (Lipinski definition) is 6. The van der Waals surface area contributed by atoms with Crippen LogP contribution in [0.2, 0.25) is 0 Å². The summed E-state index contributed by atoms with van der Waals surface area (Å²) in [6.45, 7) is 6.36. The van der Waals surface area contributed by atoms with Crippen LogP contribution < -0.4 is 10.6 Å². The minimum absolute atomic E-state index is 0.0154. The second kappa shape index (κ2) is 9.43. The van der Waals surface area contributed by atoms with E-state index < -0.39 is 41.7 Å². The van der Waals surface area contributed by atoms with Crippen LogP contribution in [0.15, 0.2) is 24.3 Å². The molecule has 0 unspecified atom stereocenters. The van der Waals surface area contributed by atoms with Crippen molar-refractivity contribution < 1.29 is 42.0 Å². The van der Waals surface area contributed by atoms with Crippen LogP contribution in [0.4, 0.5) is 23.7 Å². The zero-order chi connectivity index (χ0) is 25.7. The summed E-state index contributed by atoms with van der Waals surface area (Å²) in [6, 6.07) is 4.07. The summed E-state index contributed by atoms with van der Waals surface area (Å²) in [6.07, 6.45) is -2.13. The number of halogens is 3. The molecule has 5 aliphatic rings. The molecule has 2 bridgehead atoms. The predicted molar refractivity (Wildman–Crippen MR) is 121 cm³/mol. The Morgan fingerprint density at radius 1 is 1.14 bits per heavy atom. The zero-order valence-electron chi connectivity index (χ0n) is 20.6. The van der Waals surface area contributed by atoms with Gasteiger partial charge in [0, 0.05) is 24.8 Å². The first-order valence-electron chi connectivity index (χ1n) is 12.6. The molecule has 4 saturated heterocycles. The summed E-state index contributed by atoms with van der Waals surface area (Å²) < 4.78 is 58.0. The Kier molecular flexibility index (Phi) is 6.74. The third-order valence-corrected chi connectivity index (χ3v) is 8.25. The van der Waals surface area contributed by atoms with E-state index in [0.29, 0.717) is 12.3 Å². The summed E-state index contributed by atoms with van der Waals surface area (Å²) in [7, 11) is 0. The Morgan fingerprint density at radius 3 is 2.69 bits per heavy atom. The molecule has 0 aromatic heterocycles. The van der Waals surface area contributed by atoms with Crippen molar-refractivity contribution in [3.63, 3.8) is 0 Å². The van der Waals surface area contributed by atoms with Crippen LogP contribution in [0.1, 0.15) is 52.0 Å². The lowest BCUT2D eigenvalue weighted by molar-refractivity contribution is -0.577. The van der Waals surface area contributed by atoms with Gasteiger partial charge in [0.25, 0.3) is 0 Å². The second-order valence-corrected chi connectivity index (χ2v) is 10.6. The van der Waals surface area contributed by atoms with Crippen LogP contribution in [-0.4, -0.2) is 43.2 Å². The highest BCUT2D eigenvalue weighted by Gasteiger charge is 2.69. The molecule has 1 spiro atoms. The summed E-state index contributed by atoms with van der Waals surface area (Å²) in [5.41, 5.74) is -1.90. The maximum atomic E-state index is 13.1. The molecule has 11 heteroatoms. The van der Waals surface area contributed by atoms with Crippen LogP contribution in [0.3, 0.4) is 0 Å². The van der Waals surface area contributed by atoms with Crippen molar-refractivity contribution in [2.45, 2.75) is 76.6 Å². The average molecular weight is 515 g/mol. The van der Waals surface area contributed by atoms with E-state index in [2.05, 4.69) is 24.5 Å². The molecule has 36 heavy (non-hydrogen) atoms. The fourth-order valence-electron chi connectivity index (χ4n) is 6.41. The number of urea groups is 1. The minimum Gasteiger partial charge on any atom is -0.350 e. The largest absolute Gasteiger partial charge is 0.418 e. The zero-order valence-corrected chi connectivity index (χ0v) is 20.6. The van der Waals surface area contributed by atoms with E-state index in [0.717, 1.165) is 25.3 Å². The monoisotopic (exact) mass is 514 g/mol. The van der Waals surface area contributed by atoms with Gasteiger partial charge in [0.2, 0.25) is 5.79 Å².